The van der Waals surface area contributed by atoms with E-state index in [4.69, 9.17) is 9.47 Å². The Morgan fingerprint density at radius 1 is 1.35 bits per heavy atom. The average molecular weight is 335 g/mol. The quantitative estimate of drug-likeness (QED) is 0.807. The maximum Gasteiger partial charge on any atom is 0.172 e. The summed E-state index contributed by atoms with van der Waals surface area (Å²) >= 11 is 3.41. The van der Waals surface area contributed by atoms with E-state index >= 15 is 0 Å². The highest BCUT2D eigenvalue weighted by Gasteiger charge is 2.20. The minimum absolute atomic E-state index is 0.681. The fourth-order valence-corrected chi connectivity index (χ4v) is 2.57. The monoisotopic (exact) mass is 334 g/mol. The Balaban J connectivity index is 1.87. The van der Waals surface area contributed by atoms with Crippen LogP contribution in [0, 0.1) is 0 Å². The number of benzene rings is 1. The van der Waals surface area contributed by atoms with Crippen LogP contribution in [0.1, 0.15) is 5.56 Å². The molecule has 0 aliphatic carbocycles. The van der Waals surface area contributed by atoms with Crippen LogP contribution in [0.2, 0.25) is 0 Å². The molecule has 1 aliphatic rings. The molecule has 0 amide bonds. The lowest BCUT2D eigenvalue weighted by Crippen LogP contribution is -2.33. The number of hydrogen-bond acceptors (Lipinski definition) is 4. The lowest BCUT2D eigenvalue weighted by atomic mass is 10.2. The van der Waals surface area contributed by atoms with Crippen molar-refractivity contribution >= 4 is 21.7 Å². The van der Waals surface area contributed by atoms with Crippen molar-refractivity contribution in [2.45, 2.75) is 6.54 Å². The van der Waals surface area contributed by atoms with Gasteiger partial charge in [-0.1, -0.05) is 12.1 Å². The van der Waals surface area contributed by atoms with Crippen molar-refractivity contribution in [3.63, 3.8) is 0 Å². The van der Waals surface area contributed by atoms with Crippen molar-refractivity contribution in [3.05, 3.63) is 46.6 Å². The van der Waals surface area contributed by atoms with E-state index in [2.05, 4.69) is 31.9 Å². The van der Waals surface area contributed by atoms with Crippen LogP contribution in [0.3, 0.4) is 0 Å². The number of nitrogens with zero attached hydrogens (tertiary/aromatic N) is 2. The van der Waals surface area contributed by atoms with Gasteiger partial charge in [0.15, 0.2) is 11.6 Å². The first-order valence-corrected chi connectivity index (χ1v) is 7.23. The summed E-state index contributed by atoms with van der Waals surface area (Å²) in [6, 6.07) is 11.9. The molecule has 1 aromatic carbocycles. The molecule has 4 nitrogen and oxygen atoms in total. The normalized spacial score (nSPS) is 13.6. The zero-order valence-electron chi connectivity index (χ0n) is 11.2. The lowest BCUT2D eigenvalue weighted by Gasteiger charge is -2.30. The van der Waals surface area contributed by atoms with Crippen LogP contribution in [0.5, 0.6) is 11.5 Å². The van der Waals surface area contributed by atoms with Crippen LogP contribution >= 0.6 is 15.9 Å². The number of hydrogen-bond donors (Lipinski definition) is 0. The molecule has 104 valence electrons. The molecule has 0 bridgehead atoms. The Hall–Kier alpha value is -1.75. The van der Waals surface area contributed by atoms with Crippen LogP contribution in [0.25, 0.3) is 0 Å². The number of halogens is 1. The van der Waals surface area contributed by atoms with Gasteiger partial charge in [-0.3, -0.25) is 0 Å². The van der Waals surface area contributed by atoms with Crippen molar-refractivity contribution in [2.75, 3.05) is 25.2 Å². The SMILES string of the molecule is COc1cccc(CN2CCOc3ccc(Br)nc32)c1. The predicted octanol–water partition coefficient (Wildman–Crippen LogP) is 3.25. The van der Waals surface area contributed by atoms with E-state index in [1.54, 1.807) is 7.11 Å². The molecule has 0 radical (unpaired) electrons. The van der Waals surface area contributed by atoms with E-state index in [1.165, 1.54) is 5.56 Å². The van der Waals surface area contributed by atoms with Crippen LogP contribution < -0.4 is 14.4 Å². The predicted molar refractivity (Wildman–Crippen MR) is 81.5 cm³/mol. The molecule has 0 saturated carbocycles. The van der Waals surface area contributed by atoms with Gasteiger partial charge in [-0.05, 0) is 45.8 Å². The molecule has 5 heteroatoms. The van der Waals surface area contributed by atoms with Crippen LogP contribution in [-0.2, 0) is 6.54 Å². The largest absolute Gasteiger partial charge is 0.497 e. The summed E-state index contributed by atoms with van der Waals surface area (Å²) < 4.78 is 11.7. The van der Waals surface area contributed by atoms with Gasteiger partial charge in [-0.15, -0.1) is 0 Å². The summed E-state index contributed by atoms with van der Waals surface area (Å²) in [6.07, 6.45) is 0. The van der Waals surface area contributed by atoms with Crippen LogP contribution in [0.15, 0.2) is 41.0 Å². The Bertz CT molecular complexity index is 619. The second kappa shape index (κ2) is 5.71. The third-order valence-corrected chi connectivity index (χ3v) is 3.67. The Morgan fingerprint density at radius 2 is 2.25 bits per heavy atom. The first-order chi connectivity index (χ1) is 9.76. The Morgan fingerprint density at radius 3 is 3.10 bits per heavy atom. The van der Waals surface area contributed by atoms with Gasteiger partial charge in [0.2, 0.25) is 0 Å². The van der Waals surface area contributed by atoms with E-state index < -0.39 is 0 Å². The van der Waals surface area contributed by atoms with Gasteiger partial charge in [0.05, 0.1) is 13.7 Å². The van der Waals surface area contributed by atoms with Gasteiger partial charge in [-0.25, -0.2) is 4.98 Å². The fraction of sp³-hybridized carbons (Fsp3) is 0.267. The maximum atomic E-state index is 5.64. The minimum Gasteiger partial charge on any atom is -0.497 e. The minimum atomic E-state index is 0.681. The molecule has 2 aromatic rings. The van der Waals surface area contributed by atoms with Crippen molar-refractivity contribution in [3.8, 4) is 11.5 Å². The average Bonchev–Trinajstić information content (AvgIpc) is 2.48. The highest BCUT2D eigenvalue weighted by atomic mass is 79.9. The standard InChI is InChI=1S/C15H15BrN2O2/c1-19-12-4-2-3-11(9-12)10-18-7-8-20-13-5-6-14(16)17-15(13)18/h2-6,9H,7-8,10H2,1H3. The number of aromatic nitrogens is 1. The molecule has 0 atom stereocenters. The first-order valence-electron chi connectivity index (χ1n) is 6.43. The molecule has 0 fully saturated rings. The molecule has 0 saturated heterocycles. The summed E-state index contributed by atoms with van der Waals surface area (Å²) in [6.45, 7) is 2.30. The van der Waals surface area contributed by atoms with Crippen LogP contribution in [0.4, 0.5) is 5.82 Å². The van der Waals surface area contributed by atoms with Gasteiger partial charge in [-0.2, -0.15) is 0 Å². The van der Waals surface area contributed by atoms with Crippen molar-refractivity contribution in [2.24, 2.45) is 0 Å². The maximum absolute atomic E-state index is 5.64. The second-order valence-electron chi connectivity index (χ2n) is 4.58. The number of pyridine rings is 1. The highest BCUT2D eigenvalue weighted by Crippen LogP contribution is 2.32. The van der Waals surface area contributed by atoms with E-state index in [9.17, 15) is 0 Å². The third kappa shape index (κ3) is 2.72. The topological polar surface area (TPSA) is 34.6 Å². The molecule has 2 heterocycles. The first kappa shape index (κ1) is 13.2. The number of rotatable bonds is 3. The highest BCUT2D eigenvalue weighted by molar-refractivity contribution is 9.10. The van der Waals surface area contributed by atoms with Crippen molar-refractivity contribution < 1.29 is 9.47 Å². The summed E-state index contributed by atoms with van der Waals surface area (Å²) in [5.41, 5.74) is 1.19. The summed E-state index contributed by atoms with van der Waals surface area (Å²) in [5, 5.41) is 0. The fourth-order valence-electron chi connectivity index (χ4n) is 2.27. The van der Waals surface area contributed by atoms with Crippen LogP contribution in [-0.4, -0.2) is 25.2 Å². The van der Waals surface area contributed by atoms with Gasteiger partial charge in [0, 0.05) is 6.54 Å². The number of fused-ring (bicyclic) bond motifs is 1. The lowest BCUT2D eigenvalue weighted by molar-refractivity contribution is 0.304. The summed E-state index contributed by atoms with van der Waals surface area (Å²) in [7, 11) is 1.68. The van der Waals surface area contributed by atoms with Gasteiger partial charge in [0.25, 0.3) is 0 Å². The Labute approximate surface area is 126 Å². The van der Waals surface area contributed by atoms with Gasteiger partial charge < -0.3 is 14.4 Å². The molecule has 0 N–H and O–H groups in total. The number of anilines is 1. The molecular formula is C15H15BrN2O2. The van der Waals surface area contributed by atoms with E-state index in [1.807, 2.05) is 30.3 Å². The van der Waals surface area contributed by atoms with Crippen molar-refractivity contribution in [1.29, 1.82) is 0 Å². The summed E-state index contributed by atoms with van der Waals surface area (Å²) in [5.74, 6) is 2.59. The number of ether oxygens (including phenoxy) is 2. The molecule has 1 aliphatic heterocycles. The van der Waals surface area contributed by atoms with Crippen molar-refractivity contribution in [1.82, 2.24) is 4.98 Å². The smallest absolute Gasteiger partial charge is 0.172 e. The van der Waals surface area contributed by atoms with E-state index in [-0.39, 0.29) is 0 Å². The van der Waals surface area contributed by atoms with E-state index in [0.717, 1.165) is 35.0 Å². The zero-order valence-corrected chi connectivity index (χ0v) is 12.8. The molecule has 0 spiro atoms. The number of methoxy groups -OCH3 is 1. The van der Waals surface area contributed by atoms with Gasteiger partial charge in [0.1, 0.15) is 17.0 Å². The molecule has 1 aromatic heterocycles. The van der Waals surface area contributed by atoms with E-state index in [0.29, 0.717) is 6.61 Å². The molecule has 20 heavy (non-hydrogen) atoms. The zero-order chi connectivity index (χ0) is 13.9. The third-order valence-electron chi connectivity index (χ3n) is 3.23. The molecular weight excluding hydrogens is 320 g/mol. The molecule has 0 unspecified atom stereocenters. The Kier molecular flexibility index (Phi) is 3.78. The van der Waals surface area contributed by atoms with Gasteiger partial charge >= 0.3 is 0 Å². The second-order valence-corrected chi connectivity index (χ2v) is 5.39. The molecule has 3 rings (SSSR count). The summed E-state index contributed by atoms with van der Waals surface area (Å²) in [4.78, 5) is 6.74.